The molecule has 3 atom stereocenters. The summed E-state index contributed by atoms with van der Waals surface area (Å²) in [4.78, 5) is 12.2. The molecule has 1 aromatic carbocycles. The van der Waals surface area contributed by atoms with E-state index in [-0.39, 0.29) is 17.9 Å². The number of carbonyl (C=O) groups excluding carboxylic acids is 1. The summed E-state index contributed by atoms with van der Waals surface area (Å²) in [6.07, 6.45) is 0. The first-order valence-electron chi connectivity index (χ1n) is 6.77. The first-order valence-corrected chi connectivity index (χ1v) is 6.77. The van der Waals surface area contributed by atoms with Crippen LogP contribution in [0.2, 0.25) is 0 Å². The topological polar surface area (TPSA) is 50.4 Å². The van der Waals surface area contributed by atoms with Crippen molar-refractivity contribution in [2.45, 2.75) is 19.9 Å². The molecule has 0 radical (unpaired) electrons. The molecule has 0 saturated carbocycles. The van der Waals surface area contributed by atoms with Crippen molar-refractivity contribution < 1.29 is 9.53 Å². The average Bonchev–Trinajstić information content (AvgIpc) is 2.85. The molecule has 0 bridgehead atoms. The number of rotatable bonds is 4. The lowest BCUT2D eigenvalue weighted by atomic mass is 9.96. The fourth-order valence-electron chi connectivity index (χ4n) is 2.46. The van der Waals surface area contributed by atoms with Gasteiger partial charge in [-0.25, -0.2) is 0 Å². The number of nitrogens with one attached hydrogen (secondary N) is 2. The Hall–Kier alpha value is -1.55. The van der Waals surface area contributed by atoms with Crippen molar-refractivity contribution in [2.24, 2.45) is 11.8 Å². The molecule has 4 nitrogen and oxygen atoms in total. The third-order valence-electron chi connectivity index (χ3n) is 3.83. The van der Waals surface area contributed by atoms with Gasteiger partial charge in [0.15, 0.2) is 0 Å². The third kappa shape index (κ3) is 3.26. The number of ether oxygens (including phenoxy) is 1. The average molecular weight is 262 g/mol. The van der Waals surface area contributed by atoms with Crippen LogP contribution in [0.15, 0.2) is 24.3 Å². The predicted molar refractivity (Wildman–Crippen MR) is 75.1 cm³/mol. The summed E-state index contributed by atoms with van der Waals surface area (Å²) >= 11 is 0. The molecule has 1 aliphatic rings. The van der Waals surface area contributed by atoms with Crippen molar-refractivity contribution >= 4 is 5.91 Å². The fourth-order valence-corrected chi connectivity index (χ4v) is 2.46. The molecule has 1 aliphatic heterocycles. The molecule has 0 aliphatic carbocycles. The molecule has 4 heteroatoms. The molecule has 2 N–H and O–H groups in total. The van der Waals surface area contributed by atoms with Crippen LogP contribution < -0.4 is 15.4 Å². The van der Waals surface area contributed by atoms with Gasteiger partial charge in [0.1, 0.15) is 5.75 Å². The summed E-state index contributed by atoms with van der Waals surface area (Å²) in [5.41, 5.74) is 1.09. The lowest BCUT2D eigenvalue weighted by Crippen LogP contribution is -2.35. The van der Waals surface area contributed by atoms with E-state index < -0.39 is 0 Å². The third-order valence-corrected chi connectivity index (χ3v) is 3.83. The van der Waals surface area contributed by atoms with Gasteiger partial charge in [0.2, 0.25) is 5.91 Å². The zero-order valence-electron chi connectivity index (χ0n) is 11.8. The standard InChI is InChI=1S/C15H22N2O2/c1-10-8-16-9-14(10)15(18)17-11(2)12-4-6-13(19-3)7-5-12/h4-7,10-11,14,16H,8-9H2,1-3H3,(H,17,18)/t10-,11?,14-/m1/s1. The van der Waals surface area contributed by atoms with E-state index in [0.717, 1.165) is 24.4 Å². The highest BCUT2D eigenvalue weighted by atomic mass is 16.5. The Morgan fingerprint density at radius 3 is 2.58 bits per heavy atom. The van der Waals surface area contributed by atoms with E-state index >= 15 is 0 Å². The SMILES string of the molecule is COc1ccc(C(C)NC(=O)[C@@H]2CNC[C@H]2C)cc1. The molecule has 1 fully saturated rings. The summed E-state index contributed by atoms with van der Waals surface area (Å²) in [7, 11) is 1.65. The summed E-state index contributed by atoms with van der Waals surface area (Å²) < 4.78 is 5.13. The molecular weight excluding hydrogens is 240 g/mol. The molecule has 1 aromatic rings. The molecule has 1 heterocycles. The van der Waals surface area contributed by atoms with Crippen molar-refractivity contribution in [1.82, 2.24) is 10.6 Å². The first kappa shape index (κ1) is 13.9. The number of benzene rings is 1. The number of carbonyl (C=O) groups is 1. The van der Waals surface area contributed by atoms with Crippen LogP contribution in [0.4, 0.5) is 0 Å². The summed E-state index contributed by atoms with van der Waals surface area (Å²) in [5, 5.41) is 6.34. The van der Waals surface area contributed by atoms with E-state index in [2.05, 4.69) is 17.6 Å². The molecule has 2 rings (SSSR count). The zero-order valence-corrected chi connectivity index (χ0v) is 11.8. The smallest absolute Gasteiger partial charge is 0.225 e. The van der Waals surface area contributed by atoms with Gasteiger partial charge in [-0.05, 0) is 37.1 Å². The molecular formula is C15H22N2O2. The van der Waals surface area contributed by atoms with Crippen molar-refractivity contribution in [3.63, 3.8) is 0 Å². The maximum Gasteiger partial charge on any atom is 0.225 e. The molecule has 19 heavy (non-hydrogen) atoms. The highest BCUT2D eigenvalue weighted by Crippen LogP contribution is 2.20. The van der Waals surface area contributed by atoms with Crippen LogP contribution in [-0.4, -0.2) is 26.1 Å². The maximum atomic E-state index is 12.2. The molecule has 104 valence electrons. The Kier molecular flexibility index (Phi) is 4.43. The van der Waals surface area contributed by atoms with Gasteiger partial charge in [-0.15, -0.1) is 0 Å². The highest BCUT2D eigenvalue weighted by Gasteiger charge is 2.30. The van der Waals surface area contributed by atoms with Gasteiger partial charge < -0.3 is 15.4 Å². The van der Waals surface area contributed by atoms with Crippen LogP contribution in [0.25, 0.3) is 0 Å². The van der Waals surface area contributed by atoms with Crippen molar-refractivity contribution in [1.29, 1.82) is 0 Å². The van der Waals surface area contributed by atoms with Crippen molar-refractivity contribution in [3.05, 3.63) is 29.8 Å². The van der Waals surface area contributed by atoms with Gasteiger partial charge in [-0.3, -0.25) is 4.79 Å². The van der Waals surface area contributed by atoms with E-state index in [9.17, 15) is 4.79 Å². The van der Waals surface area contributed by atoms with Crippen LogP contribution >= 0.6 is 0 Å². The minimum Gasteiger partial charge on any atom is -0.497 e. The lowest BCUT2D eigenvalue weighted by molar-refractivity contribution is -0.126. The van der Waals surface area contributed by atoms with Gasteiger partial charge >= 0.3 is 0 Å². The normalized spacial score (nSPS) is 23.9. The van der Waals surface area contributed by atoms with Gasteiger partial charge in [-0.1, -0.05) is 19.1 Å². The molecule has 0 spiro atoms. The quantitative estimate of drug-likeness (QED) is 0.869. The highest BCUT2D eigenvalue weighted by molar-refractivity contribution is 5.80. The van der Waals surface area contributed by atoms with Crippen LogP contribution in [0, 0.1) is 11.8 Å². The second-order valence-electron chi connectivity index (χ2n) is 5.25. The first-order chi connectivity index (χ1) is 9.11. The van der Waals surface area contributed by atoms with Gasteiger partial charge in [0, 0.05) is 6.54 Å². The summed E-state index contributed by atoms with van der Waals surface area (Å²) in [6.45, 7) is 5.83. The molecule has 0 aromatic heterocycles. The fraction of sp³-hybridized carbons (Fsp3) is 0.533. The summed E-state index contributed by atoms with van der Waals surface area (Å²) in [5.74, 6) is 1.46. The largest absolute Gasteiger partial charge is 0.497 e. The minimum atomic E-state index is 0.0196. The lowest BCUT2D eigenvalue weighted by Gasteiger charge is -2.19. The van der Waals surface area contributed by atoms with Crippen LogP contribution in [-0.2, 0) is 4.79 Å². The predicted octanol–water partition coefficient (Wildman–Crippen LogP) is 1.73. The van der Waals surface area contributed by atoms with Crippen molar-refractivity contribution in [3.8, 4) is 5.75 Å². The van der Waals surface area contributed by atoms with Gasteiger partial charge in [0.05, 0.1) is 19.1 Å². The molecule has 1 amide bonds. The van der Waals surface area contributed by atoms with E-state index in [0.29, 0.717) is 5.92 Å². The van der Waals surface area contributed by atoms with E-state index in [1.165, 1.54) is 0 Å². The molecule has 1 unspecified atom stereocenters. The Bertz CT molecular complexity index is 430. The van der Waals surface area contributed by atoms with Crippen molar-refractivity contribution in [2.75, 3.05) is 20.2 Å². The number of methoxy groups -OCH3 is 1. The van der Waals surface area contributed by atoms with E-state index in [1.54, 1.807) is 7.11 Å². The zero-order chi connectivity index (χ0) is 13.8. The Morgan fingerprint density at radius 1 is 1.37 bits per heavy atom. The minimum absolute atomic E-state index is 0.0196. The monoisotopic (exact) mass is 262 g/mol. The Morgan fingerprint density at radius 2 is 2.05 bits per heavy atom. The van der Waals surface area contributed by atoms with Crippen LogP contribution in [0.5, 0.6) is 5.75 Å². The maximum absolute atomic E-state index is 12.2. The number of amides is 1. The van der Waals surface area contributed by atoms with Crippen LogP contribution in [0.1, 0.15) is 25.5 Å². The van der Waals surface area contributed by atoms with Gasteiger partial charge in [0.25, 0.3) is 0 Å². The Balaban J connectivity index is 1.95. The van der Waals surface area contributed by atoms with E-state index in [4.69, 9.17) is 4.74 Å². The number of hydrogen-bond donors (Lipinski definition) is 2. The Labute approximate surface area is 114 Å². The number of hydrogen-bond acceptors (Lipinski definition) is 3. The van der Waals surface area contributed by atoms with Gasteiger partial charge in [-0.2, -0.15) is 0 Å². The molecule has 1 saturated heterocycles. The second kappa shape index (κ2) is 6.06. The summed E-state index contributed by atoms with van der Waals surface area (Å²) in [6, 6.07) is 7.82. The second-order valence-corrected chi connectivity index (χ2v) is 5.25. The van der Waals surface area contributed by atoms with E-state index in [1.807, 2.05) is 31.2 Å². The van der Waals surface area contributed by atoms with Crippen LogP contribution in [0.3, 0.4) is 0 Å².